The number of nitrogens with one attached hydrogen (secondary N) is 1. The molecule has 1 aromatic rings. The molecule has 21 heavy (non-hydrogen) atoms. The van der Waals surface area contributed by atoms with Crippen LogP contribution in [-0.4, -0.2) is 50.9 Å². The fraction of sp³-hybridized carbons (Fsp3) is 0.625. The Morgan fingerprint density at radius 2 is 2.33 bits per heavy atom. The molecule has 0 amide bonds. The first kappa shape index (κ1) is 16.7. The second-order valence-corrected chi connectivity index (χ2v) is 6.40. The highest BCUT2D eigenvalue weighted by Gasteiger charge is 2.17. The molecule has 0 radical (unpaired) electrons. The van der Waals surface area contributed by atoms with Crippen molar-refractivity contribution in [1.29, 1.82) is 0 Å². The van der Waals surface area contributed by atoms with Gasteiger partial charge in [0, 0.05) is 36.2 Å². The predicted octanol–water partition coefficient (Wildman–Crippen LogP) is 2.66. The van der Waals surface area contributed by atoms with Crippen LogP contribution in [0.1, 0.15) is 18.9 Å². The van der Waals surface area contributed by atoms with Gasteiger partial charge in [-0.15, -0.1) is 0 Å². The Balaban J connectivity index is 1.85. The van der Waals surface area contributed by atoms with Gasteiger partial charge in [-0.1, -0.05) is 22.9 Å². The first-order valence-corrected chi connectivity index (χ1v) is 8.40. The third-order valence-corrected chi connectivity index (χ3v) is 4.01. The molecule has 4 nitrogen and oxygen atoms in total. The fourth-order valence-electron chi connectivity index (χ4n) is 2.40. The summed E-state index contributed by atoms with van der Waals surface area (Å²) in [5, 5.41) is 3.48. The summed E-state index contributed by atoms with van der Waals surface area (Å²) in [6.45, 7) is 7.37. The molecule has 1 aromatic carbocycles. The molecule has 1 fully saturated rings. The van der Waals surface area contributed by atoms with E-state index in [1.165, 1.54) is 5.56 Å². The zero-order chi connectivity index (χ0) is 15.1. The molecule has 1 atom stereocenters. The van der Waals surface area contributed by atoms with Crippen molar-refractivity contribution in [3.05, 3.63) is 28.2 Å². The van der Waals surface area contributed by atoms with Gasteiger partial charge in [0.15, 0.2) is 0 Å². The number of morpholine rings is 1. The Kier molecular flexibility index (Phi) is 6.96. The minimum absolute atomic E-state index is 0.274. The standard InChI is InChI=1S/C16H25BrN2O2/c1-3-7-21-16-5-4-14(17)9-13(16)10-18-11-15-12-19(2)6-8-20-15/h4-5,9,15,18H,3,6-8,10-12H2,1-2H3. The average molecular weight is 357 g/mol. The van der Waals surface area contributed by atoms with Crippen LogP contribution < -0.4 is 10.1 Å². The molecule has 1 heterocycles. The van der Waals surface area contributed by atoms with Crippen LogP contribution >= 0.6 is 15.9 Å². The number of ether oxygens (including phenoxy) is 2. The summed E-state index contributed by atoms with van der Waals surface area (Å²) in [7, 11) is 2.14. The molecule has 5 heteroatoms. The van der Waals surface area contributed by atoms with Crippen molar-refractivity contribution in [2.45, 2.75) is 26.0 Å². The molecule has 0 aromatic heterocycles. The second-order valence-electron chi connectivity index (χ2n) is 5.49. The van der Waals surface area contributed by atoms with E-state index in [0.717, 1.165) is 56.0 Å². The Morgan fingerprint density at radius 3 is 3.10 bits per heavy atom. The van der Waals surface area contributed by atoms with Crippen molar-refractivity contribution in [3.63, 3.8) is 0 Å². The van der Waals surface area contributed by atoms with E-state index in [2.05, 4.69) is 46.2 Å². The van der Waals surface area contributed by atoms with Crippen molar-refractivity contribution in [2.24, 2.45) is 0 Å². The van der Waals surface area contributed by atoms with Gasteiger partial charge in [-0.25, -0.2) is 0 Å². The lowest BCUT2D eigenvalue weighted by Gasteiger charge is -2.30. The van der Waals surface area contributed by atoms with Crippen LogP contribution in [0, 0.1) is 0 Å². The summed E-state index contributed by atoms with van der Waals surface area (Å²) in [5.41, 5.74) is 1.18. The third-order valence-electron chi connectivity index (χ3n) is 3.51. The summed E-state index contributed by atoms with van der Waals surface area (Å²) in [6, 6.07) is 6.17. The van der Waals surface area contributed by atoms with E-state index in [9.17, 15) is 0 Å². The molecule has 0 saturated carbocycles. The molecule has 1 N–H and O–H groups in total. The molecule has 0 aliphatic carbocycles. The van der Waals surface area contributed by atoms with Gasteiger partial charge < -0.3 is 19.7 Å². The number of rotatable bonds is 7. The Labute approximate surface area is 135 Å². The Morgan fingerprint density at radius 1 is 1.48 bits per heavy atom. The zero-order valence-corrected chi connectivity index (χ0v) is 14.5. The highest BCUT2D eigenvalue weighted by Crippen LogP contribution is 2.23. The number of nitrogens with zero attached hydrogens (tertiary/aromatic N) is 1. The van der Waals surface area contributed by atoms with Crippen molar-refractivity contribution in [1.82, 2.24) is 10.2 Å². The minimum Gasteiger partial charge on any atom is -0.493 e. The monoisotopic (exact) mass is 356 g/mol. The highest BCUT2D eigenvalue weighted by atomic mass is 79.9. The quantitative estimate of drug-likeness (QED) is 0.814. The van der Waals surface area contributed by atoms with Crippen molar-refractivity contribution in [2.75, 3.05) is 39.9 Å². The molecule has 1 aliphatic heterocycles. The van der Waals surface area contributed by atoms with E-state index in [-0.39, 0.29) is 6.10 Å². The SMILES string of the molecule is CCCOc1ccc(Br)cc1CNCC1CN(C)CCO1. The van der Waals surface area contributed by atoms with Crippen molar-refractivity contribution >= 4 is 15.9 Å². The summed E-state index contributed by atoms with van der Waals surface area (Å²) in [6.07, 6.45) is 1.29. The number of benzene rings is 1. The largest absolute Gasteiger partial charge is 0.493 e. The summed E-state index contributed by atoms with van der Waals surface area (Å²) < 4.78 is 12.6. The van der Waals surface area contributed by atoms with Crippen LogP contribution in [-0.2, 0) is 11.3 Å². The van der Waals surface area contributed by atoms with E-state index in [1.807, 2.05) is 12.1 Å². The molecular formula is C16H25BrN2O2. The molecule has 1 unspecified atom stereocenters. The molecule has 0 spiro atoms. The summed E-state index contributed by atoms with van der Waals surface area (Å²) >= 11 is 3.53. The van der Waals surface area contributed by atoms with E-state index in [4.69, 9.17) is 9.47 Å². The van der Waals surface area contributed by atoms with Crippen LogP contribution in [0.4, 0.5) is 0 Å². The van der Waals surface area contributed by atoms with Crippen LogP contribution in [0.2, 0.25) is 0 Å². The molecule has 118 valence electrons. The lowest BCUT2D eigenvalue weighted by atomic mass is 10.2. The van der Waals surface area contributed by atoms with Crippen molar-refractivity contribution < 1.29 is 9.47 Å². The maximum atomic E-state index is 5.80. The minimum atomic E-state index is 0.274. The van der Waals surface area contributed by atoms with Crippen LogP contribution in [0.15, 0.2) is 22.7 Å². The summed E-state index contributed by atoms with van der Waals surface area (Å²) in [4.78, 5) is 2.31. The molecular weight excluding hydrogens is 332 g/mol. The molecule has 1 saturated heterocycles. The van der Waals surface area contributed by atoms with Gasteiger partial charge in [-0.2, -0.15) is 0 Å². The Hall–Kier alpha value is -0.620. The van der Waals surface area contributed by atoms with E-state index < -0.39 is 0 Å². The predicted molar refractivity (Wildman–Crippen MR) is 88.9 cm³/mol. The first-order chi connectivity index (χ1) is 10.2. The van der Waals surface area contributed by atoms with Gasteiger partial charge in [0.25, 0.3) is 0 Å². The number of likely N-dealkylation sites (N-methyl/N-ethyl adjacent to an activating group) is 1. The maximum Gasteiger partial charge on any atom is 0.123 e. The topological polar surface area (TPSA) is 33.7 Å². The van der Waals surface area contributed by atoms with Gasteiger partial charge in [0.1, 0.15) is 5.75 Å². The molecule has 1 aliphatic rings. The van der Waals surface area contributed by atoms with Gasteiger partial charge >= 0.3 is 0 Å². The normalized spacial score (nSPS) is 19.7. The number of halogens is 1. The van der Waals surface area contributed by atoms with E-state index >= 15 is 0 Å². The zero-order valence-electron chi connectivity index (χ0n) is 12.9. The Bertz CT molecular complexity index is 442. The number of hydrogen-bond acceptors (Lipinski definition) is 4. The number of hydrogen-bond donors (Lipinski definition) is 1. The summed E-state index contributed by atoms with van der Waals surface area (Å²) in [5.74, 6) is 0.967. The van der Waals surface area contributed by atoms with Crippen LogP contribution in [0.25, 0.3) is 0 Å². The smallest absolute Gasteiger partial charge is 0.123 e. The van der Waals surface area contributed by atoms with Crippen LogP contribution in [0.5, 0.6) is 5.75 Å². The maximum absolute atomic E-state index is 5.80. The van der Waals surface area contributed by atoms with Gasteiger partial charge in [0.2, 0.25) is 0 Å². The van der Waals surface area contributed by atoms with E-state index in [0.29, 0.717) is 0 Å². The molecule has 2 rings (SSSR count). The van der Waals surface area contributed by atoms with Gasteiger partial charge in [-0.3, -0.25) is 0 Å². The first-order valence-electron chi connectivity index (χ1n) is 7.61. The highest BCUT2D eigenvalue weighted by molar-refractivity contribution is 9.10. The van der Waals surface area contributed by atoms with Gasteiger partial charge in [-0.05, 0) is 31.7 Å². The second kappa shape index (κ2) is 8.73. The van der Waals surface area contributed by atoms with Crippen LogP contribution in [0.3, 0.4) is 0 Å². The average Bonchev–Trinajstić information content (AvgIpc) is 2.46. The van der Waals surface area contributed by atoms with E-state index in [1.54, 1.807) is 0 Å². The molecule has 0 bridgehead atoms. The lowest BCUT2D eigenvalue weighted by molar-refractivity contribution is -0.0182. The third kappa shape index (κ3) is 5.58. The van der Waals surface area contributed by atoms with Crippen molar-refractivity contribution in [3.8, 4) is 5.75 Å². The lowest BCUT2D eigenvalue weighted by Crippen LogP contribution is -2.44. The van der Waals surface area contributed by atoms with Gasteiger partial charge in [0.05, 0.1) is 19.3 Å². The fourth-order valence-corrected chi connectivity index (χ4v) is 2.81.